The molecule has 2 saturated heterocycles. The van der Waals surface area contributed by atoms with Crippen LogP contribution in [0.1, 0.15) is 19.3 Å². The molecule has 3 atom stereocenters. The first-order valence-electron chi connectivity index (χ1n) is 5.34. The molecule has 2 fully saturated rings. The van der Waals surface area contributed by atoms with Gasteiger partial charge in [0.25, 0.3) is 10.0 Å². The van der Waals surface area contributed by atoms with Crippen molar-refractivity contribution in [2.75, 3.05) is 0 Å². The average molecular weight is 295 g/mol. The zero-order valence-electron chi connectivity index (χ0n) is 8.80. The van der Waals surface area contributed by atoms with Gasteiger partial charge in [-0.05, 0) is 19.3 Å². The molecule has 0 amide bonds. The number of nitrogens with one attached hydrogen (secondary N) is 1. The second-order valence-electron chi connectivity index (χ2n) is 4.27. The first kappa shape index (κ1) is 11.9. The number of rotatable bonds is 3. The van der Waals surface area contributed by atoms with Gasteiger partial charge in [0, 0.05) is 0 Å². The van der Waals surface area contributed by atoms with Gasteiger partial charge in [0.15, 0.2) is 8.68 Å². The molecule has 1 aromatic rings. The van der Waals surface area contributed by atoms with Crippen molar-refractivity contribution >= 4 is 33.0 Å². The van der Waals surface area contributed by atoms with Crippen LogP contribution in [0.15, 0.2) is 10.4 Å². The Balaban J connectivity index is 1.76. The molecule has 3 heterocycles. The summed E-state index contributed by atoms with van der Waals surface area (Å²) in [5.41, 5.74) is 0. The number of nitrogens with zero attached hydrogens (tertiary/aromatic N) is 1. The number of fused-ring (bicyclic) bond motifs is 2. The number of ether oxygens (including phenoxy) is 1. The van der Waals surface area contributed by atoms with Crippen LogP contribution < -0.4 is 4.72 Å². The smallest absolute Gasteiger partial charge is 0.252 e. The lowest BCUT2D eigenvalue weighted by molar-refractivity contribution is 0.0996. The Bertz CT molecular complexity index is 530. The summed E-state index contributed by atoms with van der Waals surface area (Å²) in [4.78, 5) is 3.74. The van der Waals surface area contributed by atoms with Crippen molar-refractivity contribution in [1.29, 1.82) is 0 Å². The zero-order chi connectivity index (χ0) is 12.0. The van der Waals surface area contributed by atoms with Crippen molar-refractivity contribution in [2.24, 2.45) is 0 Å². The van der Waals surface area contributed by atoms with Gasteiger partial charge in [-0.3, -0.25) is 0 Å². The third-order valence-electron chi connectivity index (χ3n) is 3.13. The summed E-state index contributed by atoms with van der Waals surface area (Å²) >= 11 is 6.60. The van der Waals surface area contributed by atoms with E-state index in [1.807, 2.05) is 0 Å². The third kappa shape index (κ3) is 2.22. The van der Waals surface area contributed by atoms with Crippen LogP contribution in [0.5, 0.6) is 0 Å². The van der Waals surface area contributed by atoms with Gasteiger partial charge in [-0.15, -0.1) is 0 Å². The summed E-state index contributed by atoms with van der Waals surface area (Å²) in [7, 11) is -3.50. The van der Waals surface area contributed by atoms with E-state index in [2.05, 4.69) is 9.71 Å². The van der Waals surface area contributed by atoms with Crippen LogP contribution in [-0.4, -0.2) is 31.7 Å². The molecule has 0 saturated carbocycles. The molecule has 1 N–H and O–H groups in total. The van der Waals surface area contributed by atoms with Crippen molar-refractivity contribution in [2.45, 2.75) is 41.7 Å². The van der Waals surface area contributed by atoms with E-state index in [4.69, 9.17) is 16.3 Å². The SMILES string of the molecule is O=S(=O)(NC1CC2CCC1O2)c1cnc(Cl)s1. The summed E-state index contributed by atoms with van der Waals surface area (Å²) in [5, 5.41) is 0. The van der Waals surface area contributed by atoms with Gasteiger partial charge in [-0.1, -0.05) is 22.9 Å². The van der Waals surface area contributed by atoms with E-state index in [0.29, 0.717) is 0 Å². The van der Waals surface area contributed by atoms with Crippen molar-refractivity contribution in [3.63, 3.8) is 0 Å². The van der Waals surface area contributed by atoms with Crippen LogP contribution in [-0.2, 0) is 14.8 Å². The molecule has 3 unspecified atom stereocenters. The molecule has 0 radical (unpaired) electrons. The number of sulfonamides is 1. The monoisotopic (exact) mass is 294 g/mol. The molecule has 5 nitrogen and oxygen atoms in total. The van der Waals surface area contributed by atoms with Gasteiger partial charge in [-0.25, -0.2) is 18.1 Å². The molecule has 2 bridgehead atoms. The van der Waals surface area contributed by atoms with Gasteiger partial charge in [-0.2, -0.15) is 0 Å². The maximum absolute atomic E-state index is 12.0. The summed E-state index contributed by atoms with van der Waals surface area (Å²) in [6, 6.07) is -0.111. The quantitative estimate of drug-likeness (QED) is 0.915. The lowest BCUT2D eigenvalue weighted by Gasteiger charge is -2.19. The zero-order valence-corrected chi connectivity index (χ0v) is 11.2. The molecule has 1 aromatic heterocycles. The van der Waals surface area contributed by atoms with Crippen molar-refractivity contribution < 1.29 is 13.2 Å². The van der Waals surface area contributed by atoms with E-state index in [-0.39, 0.29) is 26.9 Å². The Kier molecular flexibility index (Phi) is 2.91. The fraction of sp³-hybridized carbons (Fsp3) is 0.667. The molecule has 8 heteroatoms. The fourth-order valence-electron chi connectivity index (χ4n) is 2.38. The number of halogens is 1. The maximum atomic E-state index is 12.0. The Labute approximate surface area is 108 Å². The average Bonchev–Trinajstić information content (AvgIpc) is 2.92. The molecule has 0 spiro atoms. The van der Waals surface area contributed by atoms with Crippen molar-refractivity contribution in [3.8, 4) is 0 Å². The molecular weight excluding hydrogens is 284 g/mol. The minimum absolute atomic E-state index is 0.0261. The van der Waals surface area contributed by atoms with Gasteiger partial charge in [0.1, 0.15) is 0 Å². The van der Waals surface area contributed by atoms with Gasteiger partial charge >= 0.3 is 0 Å². The van der Waals surface area contributed by atoms with Gasteiger partial charge in [0.2, 0.25) is 0 Å². The van der Waals surface area contributed by atoms with E-state index in [1.54, 1.807) is 0 Å². The molecule has 0 aliphatic carbocycles. The highest BCUT2D eigenvalue weighted by Gasteiger charge is 2.42. The van der Waals surface area contributed by atoms with Crippen LogP contribution in [0.25, 0.3) is 0 Å². The number of thiazole rings is 1. The summed E-state index contributed by atoms with van der Waals surface area (Å²) < 4.78 is 32.7. The normalized spacial score (nSPS) is 32.2. The van der Waals surface area contributed by atoms with Gasteiger partial charge in [0.05, 0.1) is 24.4 Å². The van der Waals surface area contributed by atoms with Crippen LogP contribution in [0, 0.1) is 0 Å². The van der Waals surface area contributed by atoms with E-state index in [9.17, 15) is 8.42 Å². The van der Waals surface area contributed by atoms with Crippen molar-refractivity contribution in [3.05, 3.63) is 10.7 Å². The molecule has 0 aromatic carbocycles. The Morgan fingerprint density at radius 3 is 2.88 bits per heavy atom. The topological polar surface area (TPSA) is 68.3 Å². The van der Waals surface area contributed by atoms with E-state index in [1.165, 1.54) is 6.20 Å². The Morgan fingerprint density at radius 1 is 1.53 bits per heavy atom. The minimum atomic E-state index is -3.50. The standard InChI is InChI=1S/C9H11ClN2O3S2/c10-9-11-4-8(16-9)17(13,14)12-6-3-5-1-2-7(6)15-5/h4-7,12H,1-3H2. The second-order valence-corrected chi connectivity index (χ2v) is 7.82. The maximum Gasteiger partial charge on any atom is 0.252 e. The lowest BCUT2D eigenvalue weighted by atomic mass is 9.96. The lowest BCUT2D eigenvalue weighted by Crippen LogP contribution is -2.41. The number of hydrogen-bond donors (Lipinski definition) is 1. The predicted octanol–water partition coefficient (Wildman–Crippen LogP) is 1.39. The van der Waals surface area contributed by atoms with Crippen LogP contribution in [0.4, 0.5) is 0 Å². The summed E-state index contributed by atoms with van der Waals surface area (Å²) in [6.45, 7) is 0. The highest BCUT2D eigenvalue weighted by atomic mass is 35.5. The summed E-state index contributed by atoms with van der Waals surface area (Å²) in [5.74, 6) is 0. The molecule has 17 heavy (non-hydrogen) atoms. The van der Waals surface area contributed by atoms with E-state index in [0.717, 1.165) is 30.6 Å². The van der Waals surface area contributed by atoms with Gasteiger partial charge < -0.3 is 4.74 Å². The molecular formula is C9H11ClN2O3S2. The van der Waals surface area contributed by atoms with Crippen LogP contribution >= 0.6 is 22.9 Å². The molecule has 2 aliphatic heterocycles. The Hall–Kier alpha value is -0.210. The predicted molar refractivity (Wildman–Crippen MR) is 63.7 cm³/mol. The van der Waals surface area contributed by atoms with Crippen molar-refractivity contribution in [1.82, 2.24) is 9.71 Å². The molecule has 2 aliphatic rings. The Morgan fingerprint density at radius 2 is 2.35 bits per heavy atom. The molecule has 94 valence electrons. The first-order chi connectivity index (χ1) is 8.04. The summed E-state index contributed by atoms with van der Waals surface area (Å²) in [6.07, 6.45) is 4.26. The first-order valence-corrected chi connectivity index (χ1v) is 8.01. The third-order valence-corrected chi connectivity index (χ3v) is 6.20. The molecule has 3 rings (SSSR count). The largest absolute Gasteiger partial charge is 0.373 e. The number of hydrogen-bond acceptors (Lipinski definition) is 5. The fourth-order valence-corrected chi connectivity index (χ4v) is 4.97. The number of aromatic nitrogens is 1. The van der Waals surface area contributed by atoms with E-state index >= 15 is 0 Å². The second kappa shape index (κ2) is 4.17. The highest BCUT2D eigenvalue weighted by molar-refractivity contribution is 7.91. The van der Waals surface area contributed by atoms with E-state index < -0.39 is 10.0 Å². The highest BCUT2D eigenvalue weighted by Crippen LogP contribution is 2.35. The minimum Gasteiger partial charge on any atom is -0.373 e. The van der Waals surface area contributed by atoms with Crippen LogP contribution in [0.3, 0.4) is 0 Å². The van der Waals surface area contributed by atoms with Crippen LogP contribution in [0.2, 0.25) is 4.47 Å².